The fourth-order valence-electron chi connectivity index (χ4n) is 2.33. The molecule has 0 bridgehead atoms. The lowest BCUT2D eigenvalue weighted by molar-refractivity contribution is 0.104. The number of hydrogen-bond acceptors (Lipinski definition) is 4. The monoisotopic (exact) mass is 322 g/mol. The minimum absolute atomic E-state index is 0.0932. The highest BCUT2D eigenvalue weighted by Crippen LogP contribution is 2.31. The maximum absolute atomic E-state index is 12.3. The van der Waals surface area contributed by atoms with Crippen LogP contribution in [0, 0.1) is 0 Å². The summed E-state index contributed by atoms with van der Waals surface area (Å²) in [6, 6.07) is 12.7. The van der Waals surface area contributed by atoms with Gasteiger partial charge in [0, 0.05) is 5.56 Å². The van der Waals surface area contributed by atoms with Gasteiger partial charge in [-0.05, 0) is 42.0 Å². The zero-order valence-corrected chi connectivity index (χ0v) is 13.2. The van der Waals surface area contributed by atoms with Gasteiger partial charge in [0.25, 0.3) is 0 Å². The van der Waals surface area contributed by atoms with E-state index < -0.39 is 0 Å². The Morgan fingerprint density at radius 1 is 1.12 bits per heavy atom. The van der Waals surface area contributed by atoms with E-state index in [-0.39, 0.29) is 5.78 Å². The van der Waals surface area contributed by atoms with Crippen LogP contribution in [0.15, 0.2) is 61.2 Å². The van der Waals surface area contributed by atoms with E-state index in [1.807, 2.05) is 24.3 Å². The minimum Gasteiger partial charge on any atom is -0.490 e. The first-order chi connectivity index (χ1) is 11.8. The molecule has 4 nitrogen and oxygen atoms in total. The summed E-state index contributed by atoms with van der Waals surface area (Å²) >= 11 is 0. The van der Waals surface area contributed by atoms with E-state index in [2.05, 4.69) is 6.58 Å². The first kappa shape index (κ1) is 15.9. The van der Waals surface area contributed by atoms with Crippen molar-refractivity contribution >= 4 is 11.9 Å². The largest absolute Gasteiger partial charge is 0.490 e. The summed E-state index contributed by atoms with van der Waals surface area (Å²) in [5.74, 6) is 1.93. The molecule has 1 aliphatic heterocycles. The van der Waals surface area contributed by atoms with Gasteiger partial charge in [0.05, 0.1) is 0 Å². The van der Waals surface area contributed by atoms with Crippen molar-refractivity contribution in [1.82, 2.24) is 0 Å². The molecule has 1 aliphatic rings. The van der Waals surface area contributed by atoms with Gasteiger partial charge in [-0.2, -0.15) is 0 Å². The van der Waals surface area contributed by atoms with Crippen LogP contribution in [-0.4, -0.2) is 25.6 Å². The Morgan fingerprint density at radius 3 is 2.79 bits per heavy atom. The van der Waals surface area contributed by atoms with Crippen molar-refractivity contribution in [3.05, 3.63) is 72.3 Å². The molecule has 0 unspecified atom stereocenters. The zero-order chi connectivity index (χ0) is 16.8. The van der Waals surface area contributed by atoms with Crippen LogP contribution in [0.4, 0.5) is 0 Å². The standard InChI is InChI=1S/C20H18O4/c1-2-10-22-17-5-3-4-15(13-17)6-8-18(21)16-7-9-19-20(14-16)24-12-11-23-19/h2-9,13-14H,1,10-12H2/b8-6+. The number of carbonyl (C=O) groups is 1. The molecule has 3 rings (SSSR count). The average molecular weight is 322 g/mol. The number of ketones is 1. The van der Waals surface area contributed by atoms with Crippen molar-refractivity contribution in [2.24, 2.45) is 0 Å². The second-order valence-electron chi connectivity index (χ2n) is 5.23. The van der Waals surface area contributed by atoms with Gasteiger partial charge in [-0.15, -0.1) is 0 Å². The smallest absolute Gasteiger partial charge is 0.185 e. The van der Waals surface area contributed by atoms with Crippen LogP contribution in [-0.2, 0) is 0 Å². The molecule has 24 heavy (non-hydrogen) atoms. The third-order valence-corrected chi connectivity index (χ3v) is 3.48. The molecule has 0 aromatic heterocycles. The number of allylic oxidation sites excluding steroid dienone is 1. The molecule has 2 aromatic carbocycles. The van der Waals surface area contributed by atoms with Crippen molar-refractivity contribution < 1.29 is 19.0 Å². The van der Waals surface area contributed by atoms with Crippen molar-refractivity contribution in [2.45, 2.75) is 0 Å². The summed E-state index contributed by atoms with van der Waals surface area (Å²) in [4.78, 5) is 12.3. The molecular weight excluding hydrogens is 304 g/mol. The summed E-state index contributed by atoms with van der Waals surface area (Å²) in [6.07, 6.45) is 4.99. The molecule has 4 heteroatoms. The summed E-state index contributed by atoms with van der Waals surface area (Å²) in [5, 5.41) is 0. The van der Waals surface area contributed by atoms with Crippen LogP contribution >= 0.6 is 0 Å². The second kappa shape index (κ2) is 7.51. The van der Waals surface area contributed by atoms with E-state index >= 15 is 0 Å². The number of fused-ring (bicyclic) bond motifs is 1. The van der Waals surface area contributed by atoms with Crippen molar-refractivity contribution in [3.63, 3.8) is 0 Å². The van der Waals surface area contributed by atoms with Gasteiger partial charge >= 0.3 is 0 Å². The molecule has 0 amide bonds. The maximum atomic E-state index is 12.3. The number of hydrogen-bond donors (Lipinski definition) is 0. The van der Waals surface area contributed by atoms with Gasteiger partial charge in [-0.25, -0.2) is 0 Å². The minimum atomic E-state index is -0.0932. The Morgan fingerprint density at radius 2 is 1.96 bits per heavy atom. The van der Waals surface area contributed by atoms with E-state index in [0.717, 1.165) is 11.3 Å². The molecule has 0 saturated heterocycles. The van der Waals surface area contributed by atoms with Gasteiger partial charge in [0.1, 0.15) is 25.6 Å². The van der Waals surface area contributed by atoms with Crippen molar-refractivity contribution in [3.8, 4) is 17.2 Å². The molecule has 0 atom stereocenters. The van der Waals surface area contributed by atoms with E-state index in [1.165, 1.54) is 6.08 Å². The van der Waals surface area contributed by atoms with E-state index in [9.17, 15) is 4.79 Å². The van der Waals surface area contributed by atoms with E-state index in [4.69, 9.17) is 14.2 Å². The van der Waals surface area contributed by atoms with Crippen LogP contribution < -0.4 is 14.2 Å². The zero-order valence-electron chi connectivity index (χ0n) is 13.2. The Balaban J connectivity index is 1.72. The van der Waals surface area contributed by atoms with Crippen molar-refractivity contribution in [2.75, 3.05) is 19.8 Å². The third kappa shape index (κ3) is 3.84. The first-order valence-electron chi connectivity index (χ1n) is 7.72. The quantitative estimate of drug-likeness (QED) is 0.459. The highest BCUT2D eigenvalue weighted by Gasteiger charge is 2.13. The van der Waals surface area contributed by atoms with Crippen LogP contribution in [0.5, 0.6) is 17.2 Å². The van der Waals surface area contributed by atoms with Crippen LogP contribution in [0.25, 0.3) is 6.08 Å². The van der Waals surface area contributed by atoms with Gasteiger partial charge in [-0.3, -0.25) is 4.79 Å². The molecule has 122 valence electrons. The molecule has 2 aromatic rings. The first-order valence-corrected chi connectivity index (χ1v) is 7.72. The van der Waals surface area contributed by atoms with Crippen molar-refractivity contribution in [1.29, 1.82) is 0 Å². The Kier molecular flexibility index (Phi) is 4.96. The number of carbonyl (C=O) groups excluding carboxylic acids is 1. The Labute approximate surface area is 141 Å². The lowest BCUT2D eigenvalue weighted by atomic mass is 10.1. The molecular formula is C20H18O4. The van der Waals surface area contributed by atoms with Crippen LogP contribution in [0.2, 0.25) is 0 Å². The number of rotatable bonds is 6. The lowest BCUT2D eigenvalue weighted by Crippen LogP contribution is -2.15. The van der Waals surface area contributed by atoms with Crippen LogP contribution in [0.3, 0.4) is 0 Å². The molecule has 1 heterocycles. The highest BCUT2D eigenvalue weighted by atomic mass is 16.6. The molecule has 0 N–H and O–H groups in total. The normalized spacial score (nSPS) is 12.8. The highest BCUT2D eigenvalue weighted by molar-refractivity contribution is 6.07. The second-order valence-corrected chi connectivity index (χ2v) is 5.23. The molecule has 0 radical (unpaired) electrons. The molecule has 0 spiro atoms. The summed E-state index contributed by atoms with van der Waals surface area (Å²) in [6.45, 7) is 5.10. The van der Waals surface area contributed by atoms with Crippen LogP contribution in [0.1, 0.15) is 15.9 Å². The SMILES string of the molecule is C=CCOc1cccc(/C=C/C(=O)c2ccc3c(c2)OCCO3)c1. The molecule has 0 fully saturated rings. The lowest BCUT2D eigenvalue weighted by Gasteiger charge is -2.18. The number of benzene rings is 2. The van der Waals surface area contributed by atoms with Gasteiger partial charge < -0.3 is 14.2 Å². The molecule has 0 aliphatic carbocycles. The Hall–Kier alpha value is -3.01. The molecule has 0 saturated carbocycles. The van der Waals surface area contributed by atoms with Gasteiger partial charge in [-0.1, -0.05) is 30.9 Å². The average Bonchev–Trinajstić information content (AvgIpc) is 2.64. The topological polar surface area (TPSA) is 44.8 Å². The van der Waals surface area contributed by atoms with Gasteiger partial charge in [0.15, 0.2) is 17.3 Å². The Bertz CT molecular complexity index is 777. The van der Waals surface area contributed by atoms with E-state index in [0.29, 0.717) is 36.9 Å². The van der Waals surface area contributed by atoms with Gasteiger partial charge in [0.2, 0.25) is 0 Å². The summed E-state index contributed by atoms with van der Waals surface area (Å²) < 4.78 is 16.4. The fraction of sp³-hybridized carbons (Fsp3) is 0.150. The number of ether oxygens (including phenoxy) is 3. The summed E-state index contributed by atoms with van der Waals surface area (Å²) in [7, 11) is 0. The fourth-order valence-corrected chi connectivity index (χ4v) is 2.33. The van der Waals surface area contributed by atoms with E-state index in [1.54, 1.807) is 30.4 Å². The third-order valence-electron chi connectivity index (χ3n) is 3.48. The predicted molar refractivity (Wildman–Crippen MR) is 92.9 cm³/mol. The maximum Gasteiger partial charge on any atom is 0.185 e. The summed E-state index contributed by atoms with van der Waals surface area (Å²) in [5.41, 5.74) is 1.46. The predicted octanol–water partition coefficient (Wildman–Crippen LogP) is 3.92.